The SMILES string of the molecule is COc1ccc(CN(Cc2ccc(OC)cc2)c2ncccc2C=NS(=O)C(C)(C)C)cc1. The van der Waals surface area contributed by atoms with E-state index < -0.39 is 15.7 Å². The molecule has 33 heavy (non-hydrogen) atoms. The van der Waals surface area contributed by atoms with Gasteiger partial charge in [0, 0.05) is 31.1 Å². The van der Waals surface area contributed by atoms with Crippen LogP contribution in [0.2, 0.25) is 0 Å². The highest BCUT2D eigenvalue weighted by Crippen LogP contribution is 2.24. The lowest BCUT2D eigenvalue weighted by Crippen LogP contribution is -2.24. The molecule has 3 rings (SSSR count). The van der Waals surface area contributed by atoms with Crippen LogP contribution >= 0.6 is 0 Å². The Labute approximate surface area is 198 Å². The molecule has 1 heterocycles. The zero-order valence-corrected chi connectivity index (χ0v) is 20.6. The van der Waals surface area contributed by atoms with Gasteiger partial charge in [0.05, 0.1) is 19.0 Å². The molecule has 0 amide bonds. The standard InChI is InChI=1S/C26H31N3O3S/c1-26(2,3)33(30)28-17-22-7-6-16-27-25(22)29(18-20-8-12-23(31-4)13-9-20)19-21-10-14-24(32-5)15-11-21/h6-17H,18-19H2,1-5H3. The largest absolute Gasteiger partial charge is 0.497 e. The van der Waals surface area contributed by atoms with Crippen molar-refractivity contribution in [2.24, 2.45) is 4.40 Å². The van der Waals surface area contributed by atoms with E-state index in [-0.39, 0.29) is 0 Å². The molecule has 0 N–H and O–H groups in total. The Morgan fingerprint density at radius 1 is 0.909 bits per heavy atom. The molecular weight excluding hydrogens is 434 g/mol. The molecule has 0 radical (unpaired) electrons. The summed E-state index contributed by atoms with van der Waals surface area (Å²) in [4.78, 5) is 6.85. The van der Waals surface area contributed by atoms with Crippen molar-refractivity contribution < 1.29 is 13.7 Å². The van der Waals surface area contributed by atoms with E-state index in [1.54, 1.807) is 26.6 Å². The monoisotopic (exact) mass is 465 g/mol. The molecule has 0 bridgehead atoms. The predicted molar refractivity (Wildman–Crippen MR) is 136 cm³/mol. The molecule has 1 atom stereocenters. The third kappa shape index (κ3) is 6.89. The fourth-order valence-electron chi connectivity index (χ4n) is 3.15. The van der Waals surface area contributed by atoms with Gasteiger partial charge >= 0.3 is 0 Å². The van der Waals surface area contributed by atoms with E-state index in [0.717, 1.165) is 34.0 Å². The number of ether oxygens (including phenoxy) is 2. The van der Waals surface area contributed by atoms with Gasteiger partial charge in [-0.05, 0) is 68.3 Å². The molecule has 0 aliphatic heterocycles. The van der Waals surface area contributed by atoms with E-state index in [1.165, 1.54) is 0 Å². The van der Waals surface area contributed by atoms with E-state index >= 15 is 0 Å². The predicted octanol–water partition coefficient (Wildman–Crippen LogP) is 5.19. The van der Waals surface area contributed by atoms with Crippen molar-refractivity contribution in [1.82, 2.24) is 4.98 Å². The summed E-state index contributed by atoms with van der Waals surface area (Å²) in [6.07, 6.45) is 3.43. The second-order valence-corrected chi connectivity index (χ2v) is 10.5. The Morgan fingerprint density at radius 3 is 1.88 bits per heavy atom. The number of anilines is 1. The topological polar surface area (TPSA) is 64.0 Å². The normalized spacial score (nSPS) is 12.5. The summed E-state index contributed by atoms with van der Waals surface area (Å²) in [5, 5.41) is 0. The maximum absolute atomic E-state index is 12.5. The zero-order valence-electron chi connectivity index (χ0n) is 19.8. The molecule has 174 valence electrons. The van der Waals surface area contributed by atoms with Gasteiger partial charge in [0.2, 0.25) is 0 Å². The fourth-order valence-corrected chi connectivity index (χ4v) is 3.67. The minimum Gasteiger partial charge on any atom is -0.497 e. The van der Waals surface area contributed by atoms with E-state index in [4.69, 9.17) is 9.47 Å². The maximum Gasteiger partial charge on any atom is 0.144 e. The lowest BCUT2D eigenvalue weighted by Gasteiger charge is -2.26. The molecule has 1 aromatic heterocycles. The van der Waals surface area contributed by atoms with Crippen molar-refractivity contribution in [3.63, 3.8) is 0 Å². The van der Waals surface area contributed by atoms with Gasteiger partial charge in [-0.2, -0.15) is 4.40 Å². The van der Waals surface area contributed by atoms with Crippen molar-refractivity contribution in [2.75, 3.05) is 19.1 Å². The highest BCUT2D eigenvalue weighted by Gasteiger charge is 2.19. The minimum absolute atomic E-state index is 0.426. The smallest absolute Gasteiger partial charge is 0.144 e. The highest BCUT2D eigenvalue weighted by atomic mass is 32.2. The van der Waals surface area contributed by atoms with E-state index in [9.17, 15) is 4.21 Å². The van der Waals surface area contributed by atoms with E-state index in [2.05, 4.69) is 14.3 Å². The molecule has 3 aromatic rings. The molecule has 0 saturated heterocycles. The van der Waals surface area contributed by atoms with Crippen LogP contribution in [-0.2, 0) is 24.1 Å². The number of hydrogen-bond acceptors (Lipinski definition) is 5. The van der Waals surface area contributed by atoms with Gasteiger partial charge in [0.15, 0.2) is 0 Å². The number of aromatic nitrogens is 1. The third-order valence-electron chi connectivity index (χ3n) is 4.99. The first-order valence-electron chi connectivity index (χ1n) is 10.7. The summed E-state index contributed by atoms with van der Waals surface area (Å²) in [5.41, 5.74) is 3.06. The summed E-state index contributed by atoms with van der Waals surface area (Å²) in [5.74, 6) is 2.41. The van der Waals surface area contributed by atoms with Crippen molar-refractivity contribution in [3.05, 3.63) is 83.6 Å². The molecule has 6 nitrogen and oxygen atoms in total. The molecule has 0 aliphatic rings. The van der Waals surface area contributed by atoms with Crippen LogP contribution in [0.1, 0.15) is 37.5 Å². The van der Waals surface area contributed by atoms with Gasteiger partial charge in [-0.15, -0.1) is 0 Å². The summed E-state index contributed by atoms with van der Waals surface area (Å²) < 4.78 is 27.0. The lowest BCUT2D eigenvalue weighted by atomic mass is 10.1. The second-order valence-electron chi connectivity index (χ2n) is 8.56. The van der Waals surface area contributed by atoms with E-state index in [1.807, 2.05) is 81.4 Å². The van der Waals surface area contributed by atoms with Crippen LogP contribution < -0.4 is 14.4 Å². The quantitative estimate of drug-likeness (QED) is 0.407. The Morgan fingerprint density at radius 2 is 1.42 bits per heavy atom. The molecule has 0 saturated carbocycles. The summed E-state index contributed by atoms with van der Waals surface area (Å²) >= 11 is 0. The fraction of sp³-hybridized carbons (Fsp3) is 0.308. The molecule has 1 unspecified atom stereocenters. The zero-order chi connectivity index (χ0) is 23.8. The van der Waals surface area contributed by atoms with Crippen LogP contribution in [0.5, 0.6) is 11.5 Å². The van der Waals surface area contributed by atoms with Gasteiger partial charge < -0.3 is 14.4 Å². The highest BCUT2D eigenvalue weighted by molar-refractivity contribution is 7.85. The first-order valence-corrected chi connectivity index (χ1v) is 11.8. The van der Waals surface area contributed by atoms with Crippen molar-refractivity contribution in [3.8, 4) is 11.5 Å². The molecule has 0 aliphatic carbocycles. The van der Waals surface area contributed by atoms with Gasteiger partial charge in [-0.25, -0.2) is 9.19 Å². The average molecular weight is 466 g/mol. The maximum atomic E-state index is 12.5. The summed E-state index contributed by atoms with van der Waals surface area (Å²) in [7, 11) is 1.97. The number of nitrogens with zero attached hydrogens (tertiary/aromatic N) is 3. The Kier molecular flexibility index (Phi) is 8.22. The Hall–Kier alpha value is -3.19. The molecular formula is C26H31N3O3S. The van der Waals surface area contributed by atoms with Gasteiger partial charge in [-0.1, -0.05) is 24.3 Å². The Bertz CT molecular complexity index is 1040. The van der Waals surface area contributed by atoms with Gasteiger partial charge in [0.1, 0.15) is 28.3 Å². The number of methoxy groups -OCH3 is 2. The van der Waals surface area contributed by atoms with Crippen LogP contribution in [0.4, 0.5) is 5.82 Å². The number of benzene rings is 2. The molecule has 0 fully saturated rings. The van der Waals surface area contributed by atoms with Crippen molar-refractivity contribution in [2.45, 2.75) is 38.6 Å². The van der Waals surface area contributed by atoms with Gasteiger partial charge in [0.25, 0.3) is 0 Å². The Balaban J connectivity index is 1.95. The van der Waals surface area contributed by atoms with Crippen molar-refractivity contribution >= 4 is 23.0 Å². The number of hydrogen-bond donors (Lipinski definition) is 0. The molecule has 0 spiro atoms. The van der Waals surface area contributed by atoms with Crippen molar-refractivity contribution in [1.29, 1.82) is 0 Å². The van der Waals surface area contributed by atoms with Crippen LogP contribution in [0, 0.1) is 0 Å². The first-order chi connectivity index (χ1) is 15.8. The number of pyridine rings is 1. The number of rotatable bonds is 9. The van der Waals surface area contributed by atoms with E-state index in [0.29, 0.717) is 13.1 Å². The molecule has 2 aromatic carbocycles. The van der Waals surface area contributed by atoms with Crippen LogP contribution in [0.3, 0.4) is 0 Å². The summed E-state index contributed by atoms with van der Waals surface area (Å²) in [6, 6.07) is 19.8. The second kappa shape index (κ2) is 11.1. The third-order valence-corrected chi connectivity index (χ3v) is 6.34. The average Bonchev–Trinajstić information content (AvgIpc) is 2.82. The lowest BCUT2D eigenvalue weighted by molar-refractivity contribution is 0.414. The summed E-state index contributed by atoms with van der Waals surface area (Å²) in [6.45, 7) is 6.99. The minimum atomic E-state index is -1.35. The van der Waals surface area contributed by atoms with Crippen LogP contribution in [-0.4, -0.2) is 34.4 Å². The van der Waals surface area contributed by atoms with Gasteiger partial charge in [-0.3, -0.25) is 0 Å². The molecule has 7 heteroatoms. The first kappa shape index (κ1) is 24.5. The van der Waals surface area contributed by atoms with Crippen LogP contribution in [0.15, 0.2) is 71.3 Å². The van der Waals surface area contributed by atoms with Crippen LogP contribution in [0.25, 0.3) is 0 Å².